The lowest BCUT2D eigenvalue weighted by atomic mass is 9.64. The van der Waals surface area contributed by atoms with Gasteiger partial charge in [0, 0.05) is 0 Å². The van der Waals surface area contributed by atoms with Crippen LogP contribution in [0, 0.1) is 35.5 Å². The largest absolute Gasteiger partial charge is 0.0654 e. The van der Waals surface area contributed by atoms with Crippen LogP contribution in [0.3, 0.4) is 0 Å². The summed E-state index contributed by atoms with van der Waals surface area (Å²) >= 11 is 0. The van der Waals surface area contributed by atoms with E-state index < -0.39 is 0 Å². The smallest absolute Gasteiger partial charge is 0.0386 e. The molecule has 29 heavy (non-hydrogen) atoms. The van der Waals surface area contributed by atoms with Gasteiger partial charge >= 0.3 is 0 Å². The minimum absolute atomic E-state index is 1.08. The molecule has 0 aromatic carbocycles. The van der Waals surface area contributed by atoms with Crippen LogP contribution in [0.25, 0.3) is 0 Å². The minimum atomic E-state index is 1.08. The Hall–Kier alpha value is 0. The molecule has 0 nitrogen and oxygen atoms in total. The number of hydrogen-bond acceptors (Lipinski definition) is 0. The molecule has 0 unspecified atom stereocenters. The quantitative estimate of drug-likeness (QED) is 0.301. The highest BCUT2D eigenvalue weighted by Crippen LogP contribution is 2.46. The lowest BCUT2D eigenvalue weighted by Gasteiger charge is -2.41. The molecule has 0 heteroatoms. The molecular weight excluding hydrogens is 348 g/mol. The summed E-state index contributed by atoms with van der Waals surface area (Å²) in [5, 5.41) is 0. The molecule has 3 rings (SSSR count). The van der Waals surface area contributed by atoms with Gasteiger partial charge < -0.3 is 0 Å². The van der Waals surface area contributed by atoms with Crippen molar-refractivity contribution < 1.29 is 0 Å². The molecule has 0 bridgehead atoms. The van der Waals surface area contributed by atoms with Crippen LogP contribution >= 0.6 is 0 Å². The van der Waals surface area contributed by atoms with Crippen molar-refractivity contribution in [2.24, 2.45) is 35.5 Å². The summed E-state index contributed by atoms with van der Waals surface area (Å²) in [5.41, 5.74) is 0. The molecule has 0 spiro atoms. The first-order chi connectivity index (χ1) is 14.3. The molecule has 3 aliphatic rings. The van der Waals surface area contributed by atoms with Gasteiger partial charge in [-0.15, -0.1) is 0 Å². The van der Waals surface area contributed by atoms with Crippen molar-refractivity contribution in [3.05, 3.63) is 0 Å². The number of unbranched alkanes of at least 4 members (excludes halogenated alkanes) is 5. The molecule has 0 aromatic heterocycles. The summed E-state index contributed by atoms with van der Waals surface area (Å²) in [6.07, 6.45) is 32.2. The maximum Gasteiger partial charge on any atom is -0.0386 e. The van der Waals surface area contributed by atoms with Crippen LogP contribution in [0.15, 0.2) is 0 Å². The molecule has 0 aliphatic heterocycles. The van der Waals surface area contributed by atoms with E-state index in [1.165, 1.54) is 51.4 Å². The normalized spacial score (nSPS) is 36.2. The predicted molar refractivity (Wildman–Crippen MR) is 129 cm³/mol. The van der Waals surface area contributed by atoms with E-state index >= 15 is 0 Å². The van der Waals surface area contributed by atoms with Crippen LogP contribution in [0.4, 0.5) is 0 Å². The van der Waals surface area contributed by atoms with Gasteiger partial charge in [0.05, 0.1) is 0 Å². The molecule has 0 aromatic rings. The second kappa shape index (κ2) is 13.4. The fourth-order valence-corrected chi connectivity index (χ4v) is 7.61. The maximum absolute atomic E-state index is 2.37. The van der Waals surface area contributed by atoms with Crippen LogP contribution in [-0.2, 0) is 0 Å². The lowest BCUT2D eigenvalue weighted by molar-refractivity contribution is 0.102. The van der Waals surface area contributed by atoms with Crippen molar-refractivity contribution in [2.75, 3.05) is 0 Å². The molecule has 0 heterocycles. The van der Waals surface area contributed by atoms with Crippen molar-refractivity contribution in [1.82, 2.24) is 0 Å². The van der Waals surface area contributed by atoms with E-state index in [1.807, 2.05) is 0 Å². The topological polar surface area (TPSA) is 0 Å². The second-order valence-electron chi connectivity index (χ2n) is 11.6. The minimum Gasteiger partial charge on any atom is -0.0654 e. The van der Waals surface area contributed by atoms with Crippen molar-refractivity contribution >= 4 is 0 Å². The summed E-state index contributed by atoms with van der Waals surface area (Å²) in [7, 11) is 0. The average molecular weight is 403 g/mol. The van der Waals surface area contributed by atoms with Gasteiger partial charge in [0.2, 0.25) is 0 Å². The summed E-state index contributed by atoms with van der Waals surface area (Å²) in [6.45, 7) is 4.69. The second-order valence-corrected chi connectivity index (χ2v) is 11.6. The highest BCUT2D eigenvalue weighted by Gasteiger charge is 2.34. The van der Waals surface area contributed by atoms with Gasteiger partial charge in [-0.1, -0.05) is 97.3 Å². The molecule has 3 fully saturated rings. The summed E-state index contributed by atoms with van der Waals surface area (Å²) in [4.78, 5) is 0. The Bertz CT molecular complexity index is 388. The fraction of sp³-hybridized carbons (Fsp3) is 1.00. The fourth-order valence-electron chi connectivity index (χ4n) is 7.61. The van der Waals surface area contributed by atoms with E-state index in [0.29, 0.717) is 0 Å². The van der Waals surface area contributed by atoms with Gasteiger partial charge in [-0.3, -0.25) is 0 Å². The SMILES string of the molecule is CCCCCCCCC1CCC(C2CCC(C3CCC(CCC)CC3)CC2)CC1. The number of hydrogen-bond donors (Lipinski definition) is 0. The molecule has 3 saturated carbocycles. The van der Waals surface area contributed by atoms with E-state index in [4.69, 9.17) is 0 Å². The van der Waals surface area contributed by atoms with Gasteiger partial charge in [-0.05, 0) is 86.9 Å². The Morgan fingerprint density at radius 3 is 1.21 bits per heavy atom. The molecule has 0 N–H and O–H groups in total. The first-order valence-corrected chi connectivity index (χ1v) is 14.3. The zero-order chi connectivity index (χ0) is 20.3. The third-order valence-electron chi connectivity index (χ3n) is 9.60. The lowest BCUT2D eigenvalue weighted by Crippen LogP contribution is -2.29. The van der Waals surface area contributed by atoms with Crippen LogP contribution in [-0.4, -0.2) is 0 Å². The van der Waals surface area contributed by atoms with E-state index in [2.05, 4.69) is 13.8 Å². The first kappa shape index (κ1) is 23.7. The molecule has 0 saturated heterocycles. The highest BCUT2D eigenvalue weighted by atomic mass is 14.4. The number of rotatable bonds is 11. The monoisotopic (exact) mass is 402 g/mol. The van der Waals surface area contributed by atoms with E-state index in [1.54, 1.807) is 83.5 Å². The van der Waals surface area contributed by atoms with Crippen molar-refractivity contribution in [2.45, 2.75) is 149 Å². The Labute approximate surface area is 184 Å². The van der Waals surface area contributed by atoms with Gasteiger partial charge in [0.15, 0.2) is 0 Å². The van der Waals surface area contributed by atoms with Crippen LogP contribution < -0.4 is 0 Å². The Balaban J connectivity index is 1.25. The standard InChI is InChI=1S/C29H54/c1-3-5-6-7-8-9-11-25-14-18-27(19-15-25)29-22-20-28(21-23-29)26-16-12-24(10-4-2)13-17-26/h24-29H,3-23H2,1-2H3. The van der Waals surface area contributed by atoms with Crippen molar-refractivity contribution in [3.63, 3.8) is 0 Å². The Kier molecular flexibility index (Phi) is 10.9. The summed E-state index contributed by atoms with van der Waals surface area (Å²) in [6, 6.07) is 0. The van der Waals surface area contributed by atoms with E-state index in [0.717, 1.165) is 35.5 Å². The average Bonchev–Trinajstić information content (AvgIpc) is 2.78. The maximum atomic E-state index is 2.37. The summed E-state index contributed by atoms with van der Waals surface area (Å²) < 4.78 is 0. The van der Waals surface area contributed by atoms with Crippen LogP contribution in [0.5, 0.6) is 0 Å². The van der Waals surface area contributed by atoms with E-state index in [-0.39, 0.29) is 0 Å². The predicted octanol–water partition coefficient (Wildman–Crippen LogP) is 9.96. The molecular formula is C29H54. The third-order valence-corrected chi connectivity index (χ3v) is 9.60. The summed E-state index contributed by atoms with van der Waals surface area (Å²) in [5.74, 6) is 6.61. The van der Waals surface area contributed by atoms with Gasteiger partial charge in [-0.25, -0.2) is 0 Å². The first-order valence-electron chi connectivity index (χ1n) is 14.3. The van der Waals surface area contributed by atoms with Crippen LogP contribution in [0.2, 0.25) is 0 Å². The van der Waals surface area contributed by atoms with Crippen LogP contribution in [0.1, 0.15) is 149 Å². The zero-order valence-electron chi connectivity index (χ0n) is 20.3. The molecule has 0 amide bonds. The third kappa shape index (κ3) is 7.88. The highest BCUT2D eigenvalue weighted by molar-refractivity contribution is 4.85. The Morgan fingerprint density at radius 2 is 0.759 bits per heavy atom. The van der Waals surface area contributed by atoms with Gasteiger partial charge in [0.25, 0.3) is 0 Å². The van der Waals surface area contributed by atoms with Gasteiger partial charge in [-0.2, -0.15) is 0 Å². The van der Waals surface area contributed by atoms with Crippen molar-refractivity contribution in [1.29, 1.82) is 0 Å². The molecule has 0 radical (unpaired) electrons. The molecule has 0 atom stereocenters. The zero-order valence-corrected chi connectivity index (χ0v) is 20.3. The Morgan fingerprint density at radius 1 is 0.379 bits per heavy atom. The van der Waals surface area contributed by atoms with Crippen molar-refractivity contribution in [3.8, 4) is 0 Å². The molecule has 3 aliphatic carbocycles. The van der Waals surface area contributed by atoms with E-state index in [9.17, 15) is 0 Å². The molecule has 170 valence electrons. The van der Waals surface area contributed by atoms with Gasteiger partial charge in [0.1, 0.15) is 0 Å².